The average Bonchev–Trinajstić information content (AvgIpc) is 2.94. The number of hydrogen-bond donors (Lipinski definition) is 1. The first kappa shape index (κ1) is 16.2. The van der Waals surface area contributed by atoms with Crippen LogP contribution in [0.4, 0.5) is 0 Å². The zero-order chi connectivity index (χ0) is 17.3. The molecule has 7 heteroatoms. The van der Waals surface area contributed by atoms with Crippen LogP contribution in [0.5, 0.6) is 0 Å². The number of rotatable bonds is 5. The van der Waals surface area contributed by atoms with Crippen molar-refractivity contribution in [3.05, 3.63) is 52.3 Å². The summed E-state index contributed by atoms with van der Waals surface area (Å²) in [7, 11) is 3.35. The molecule has 1 aromatic carbocycles. The van der Waals surface area contributed by atoms with Crippen molar-refractivity contribution >= 4 is 11.8 Å². The maximum absolute atomic E-state index is 12.1. The van der Waals surface area contributed by atoms with E-state index in [9.17, 15) is 9.59 Å². The molecule has 24 heavy (non-hydrogen) atoms. The van der Waals surface area contributed by atoms with E-state index in [2.05, 4.69) is 5.10 Å². The van der Waals surface area contributed by atoms with Gasteiger partial charge < -0.3 is 15.4 Å². The molecule has 0 spiro atoms. The highest BCUT2D eigenvalue weighted by Crippen LogP contribution is 2.20. The summed E-state index contributed by atoms with van der Waals surface area (Å²) in [6.07, 6.45) is 2.47. The number of fused-ring (bicyclic) bond motifs is 1. The first-order chi connectivity index (χ1) is 11.5. The summed E-state index contributed by atoms with van der Waals surface area (Å²) in [4.78, 5) is 25.3. The molecule has 1 aromatic heterocycles. The van der Waals surface area contributed by atoms with Gasteiger partial charge in [0, 0.05) is 32.5 Å². The van der Waals surface area contributed by atoms with Crippen molar-refractivity contribution < 1.29 is 14.3 Å². The molecule has 3 rings (SSSR count). The summed E-state index contributed by atoms with van der Waals surface area (Å²) >= 11 is 0. The molecule has 2 N–H and O–H groups in total. The van der Waals surface area contributed by atoms with Gasteiger partial charge in [-0.05, 0) is 23.6 Å². The van der Waals surface area contributed by atoms with Crippen LogP contribution < -0.4 is 5.73 Å². The van der Waals surface area contributed by atoms with Crippen LogP contribution in [0.25, 0.3) is 0 Å². The van der Waals surface area contributed by atoms with Crippen LogP contribution in [0.1, 0.15) is 37.5 Å². The standard InChI is InChI=1S/C17H20N4O3/c1-20-6-5-12-7-11(3-4-13(12)17(20)23)8-21-9-14(16(18)22)15(19-21)10-24-2/h3-4,7,9H,5-6,8,10H2,1-2H3,(H2,18,22). The molecule has 0 saturated carbocycles. The number of amides is 2. The van der Waals surface area contributed by atoms with E-state index >= 15 is 0 Å². The lowest BCUT2D eigenvalue weighted by Crippen LogP contribution is -2.34. The minimum atomic E-state index is -0.521. The minimum absolute atomic E-state index is 0.0558. The Labute approximate surface area is 140 Å². The fourth-order valence-electron chi connectivity index (χ4n) is 2.93. The molecule has 2 amide bonds. The maximum atomic E-state index is 12.1. The van der Waals surface area contributed by atoms with Gasteiger partial charge in [-0.25, -0.2) is 0 Å². The molecule has 2 aromatic rings. The lowest BCUT2D eigenvalue weighted by molar-refractivity contribution is 0.0780. The van der Waals surface area contributed by atoms with Crippen LogP contribution in [-0.2, 0) is 24.3 Å². The molecule has 1 aliphatic heterocycles. The normalized spacial score (nSPS) is 13.9. The number of benzene rings is 1. The zero-order valence-corrected chi connectivity index (χ0v) is 13.8. The fraction of sp³-hybridized carbons (Fsp3) is 0.353. The van der Waals surface area contributed by atoms with Crippen LogP contribution in [-0.4, -0.2) is 47.2 Å². The van der Waals surface area contributed by atoms with E-state index in [0.717, 1.165) is 29.7 Å². The molecule has 126 valence electrons. The summed E-state index contributed by atoms with van der Waals surface area (Å²) in [6, 6.07) is 5.80. The second-order valence-corrected chi connectivity index (χ2v) is 5.95. The van der Waals surface area contributed by atoms with Crippen LogP contribution in [0.2, 0.25) is 0 Å². The Balaban J connectivity index is 1.86. The molecule has 0 aliphatic carbocycles. The second kappa shape index (κ2) is 6.45. The Morgan fingerprint density at radius 1 is 1.42 bits per heavy atom. The lowest BCUT2D eigenvalue weighted by atomic mass is 9.97. The summed E-state index contributed by atoms with van der Waals surface area (Å²) in [5.41, 5.74) is 9.10. The van der Waals surface area contributed by atoms with Gasteiger partial charge in [0.2, 0.25) is 0 Å². The number of ether oxygens (including phenoxy) is 1. The van der Waals surface area contributed by atoms with Gasteiger partial charge in [0.1, 0.15) is 5.69 Å². The lowest BCUT2D eigenvalue weighted by Gasteiger charge is -2.25. The number of aromatic nitrogens is 2. The van der Waals surface area contributed by atoms with Gasteiger partial charge >= 0.3 is 0 Å². The van der Waals surface area contributed by atoms with Gasteiger partial charge in [-0.3, -0.25) is 14.3 Å². The second-order valence-electron chi connectivity index (χ2n) is 5.95. The third kappa shape index (κ3) is 3.03. The summed E-state index contributed by atoms with van der Waals surface area (Å²) in [6.45, 7) is 1.46. The van der Waals surface area contributed by atoms with Crippen molar-refractivity contribution in [2.45, 2.75) is 19.6 Å². The van der Waals surface area contributed by atoms with Crippen LogP contribution in [0.3, 0.4) is 0 Å². The number of likely N-dealkylation sites (N-methyl/N-ethyl adjacent to an activating group) is 1. The van der Waals surface area contributed by atoms with Crippen molar-refractivity contribution in [3.63, 3.8) is 0 Å². The minimum Gasteiger partial charge on any atom is -0.378 e. The molecule has 0 bridgehead atoms. The van der Waals surface area contributed by atoms with Crippen LogP contribution in [0.15, 0.2) is 24.4 Å². The van der Waals surface area contributed by atoms with E-state index in [1.165, 1.54) is 0 Å². The molecule has 0 radical (unpaired) electrons. The average molecular weight is 328 g/mol. The number of carbonyl (C=O) groups excluding carboxylic acids is 2. The number of carbonyl (C=O) groups is 2. The zero-order valence-electron chi connectivity index (χ0n) is 13.8. The Bertz CT molecular complexity index is 797. The highest BCUT2D eigenvalue weighted by Gasteiger charge is 2.21. The van der Waals surface area contributed by atoms with E-state index in [1.807, 2.05) is 25.2 Å². The van der Waals surface area contributed by atoms with Gasteiger partial charge in [0.15, 0.2) is 0 Å². The smallest absolute Gasteiger partial charge is 0.253 e. The van der Waals surface area contributed by atoms with Gasteiger partial charge in [-0.2, -0.15) is 5.10 Å². The summed E-state index contributed by atoms with van der Waals surface area (Å²) in [5, 5.41) is 4.37. The summed E-state index contributed by atoms with van der Waals surface area (Å²) < 4.78 is 6.73. The Hall–Kier alpha value is -2.67. The predicted octanol–water partition coefficient (Wildman–Crippen LogP) is 0.805. The van der Waals surface area contributed by atoms with E-state index in [-0.39, 0.29) is 12.5 Å². The number of methoxy groups -OCH3 is 1. The number of nitrogens with two attached hydrogens (primary N) is 1. The number of nitrogens with zero attached hydrogens (tertiary/aromatic N) is 3. The monoisotopic (exact) mass is 328 g/mol. The van der Waals surface area contributed by atoms with Crippen LogP contribution >= 0.6 is 0 Å². The van der Waals surface area contributed by atoms with Crippen LogP contribution in [0, 0.1) is 0 Å². The first-order valence-corrected chi connectivity index (χ1v) is 7.72. The van der Waals surface area contributed by atoms with E-state index in [4.69, 9.17) is 10.5 Å². The number of hydrogen-bond acceptors (Lipinski definition) is 4. The molecule has 0 unspecified atom stereocenters. The Morgan fingerprint density at radius 3 is 2.92 bits per heavy atom. The van der Waals surface area contributed by atoms with Crippen molar-refractivity contribution in [1.29, 1.82) is 0 Å². The van der Waals surface area contributed by atoms with Gasteiger partial charge in [0.05, 0.1) is 18.7 Å². The molecule has 0 atom stereocenters. The van der Waals surface area contributed by atoms with Gasteiger partial charge in [-0.15, -0.1) is 0 Å². The SMILES string of the molecule is COCc1nn(Cc2ccc3c(c2)CCN(C)C3=O)cc1C(N)=O. The summed E-state index contributed by atoms with van der Waals surface area (Å²) in [5.74, 6) is -0.465. The number of primary amides is 1. The maximum Gasteiger partial charge on any atom is 0.253 e. The molecule has 2 heterocycles. The van der Waals surface area contributed by atoms with Gasteiger partial charge in [0.25, 0.3) is 11.8 Å². The van der Waals surface area contributed by atoms with Crippen molar-refractivity contribution in [2.24, 2.45) is 5.73 Å². The highest BCUT2D eigenvalue weighted by molar-refractivity contribution is 5.96. The van der Waals surface area contributed by atoms with E-state index in [1.54, 1.807) is 22.9 Å². The van der Waals surface area contributed by atoms with E-state index < -0.39 is 5.91 Å². The predicted molar refractivity (Wildman–Crippen MR) is 87.7 cm³/mol. The quantitative estimate of drug-likeness (QED) is 0.879. The van der Waals surface area contributed by atoms with Crippen molar-refractivity contribution in [2.75, 3.05) is 20.7 Å². The van der Waals surface area contributed by atoms with E-state index in [0.29, 0.717) is 17.8 Å². The van der Waals surface area contributed by atoms with Gasteiger partial charge in [-0.1, -0.05) is 12.1 Å². The Morgan fingerprint density at radius 2 is 2.21 bits per heavy atom. The molecule has 1 aliphatic rings. The molecular formula is C17H20N4O3. The van der Waals surface area contributed by atoms with Crippen molar-refractivity contribution in [3.8, 4) is 0 Å². The Kier molecular flexibility index (Phi) is 4.35. The fourth-order valence-corrected chi connectivity index (χ4v) is 2.93. The van der Waals surface area contributed by atoms with Crippen molar-refractivity contribution in [1.82, 2.24) is 14.7 Å². The first-order valence-electron chi connectivity index (χ1n) is 7.72. The third-order valence-corrected chi connectivity index (χ3v) is 4.19. The molecule has 0 fully saturated rings. The largest absolute Gasteiger partial charge is 0.378 e. The third-order valence-electron chi connectivity index (χ3n) is 4.19. The molecular weight excluding hydrogens is 308 g/mol. The topological polar surface area (TPSA) is 90.4 Å². The molecule has 7 nitrogen and oxygen atoms in total. The highest BCUT2D eigenvalue weighted by atomic mass is 16.5. The molecule has 0 saturated heterocycles.